The Bertz CT molecular complexity index is 963. The Morgan fingerprint density at radius 2 is 1.52 bits per heavy atom. The van der Waals surface area contributed by atoms with Crippen molar-refractivity contribution < 1.29 is 14.0 Å². The lowest BCUT2D eigenvalue weighted by Crippen LogP contribution is -2.30. The molecule has 0 saturated heterocycles. The highest BCUT2D eigenvalue weighted by Crippen LogP contribution is 2.15. The van der Waals surface area contributed by atoms with Crippen LogP contribution in [0.4, 0.5) is 5.69 Å². The number of amides is 2. The van der Waals surface area contributed by atoms with E-state index in [-0.39, 0.29) is 5.70 Å². The summed E-state index contributed by atoms with van der Waals surface area (Å²) in [5.41, 5.74) is 0.930. The molecule has 1 aromatic heterocycles. The van der Waals surface area contributed by atoms with Crippen LogP contribution in [0, 0.1) is 0 Å². The molecular formula is C20H14Cl2N2O3. The molecule has 7 heteroatoms. The number of carbonyl (C=O) groups excluding carboxylic acids is 2. The molecule has 0 spiro atoms. The normalized spacial score (nSPS) is 11.1. The fraction of sp³-hybridized carbons (Fsp3) is 0. The molecule has 0 aliphatic rings. The molecule has 1 heterocycles. The van der Waals surface area contributed by atoms with Gasteiger partial charge in [0.2, 0.25) is 0 Å². The van der Waals surface area contributed by atoms with Crippen molar-refractivity contribution in [1.29, 1.82) is 0 Å². The summed E-state index contributed by atoms with van der Waals surface area (Å²) in [4.78, 5) is 25.1. The number of hydrogen-bond donors (Lipinski definition) is 2. The van der Waals surface area contributed by atoms with E-state index in [1.807, 2.05) is 0 Å². The van der Waals surface area contributed by atoms with Crippen molar-refractivity contribution in [2.24, 2.45) is 0 Å². The minimum atomic E-state index is -0.504. The van der Waals surface area contributed by atoms with Crippen molar-refractivity contribution >= 4 is 46.8 Å². The van der Waals surface area contributed by atoms with Gasteiger partial charge >= 0.3 is 0 Å². The maximum absolute atomic E-state index is 12.7. The molecule has 0 atom stereocenters. The molecule has 2 aromatic carbocycles. The number of carbonyl (C=O) groups is 2. The first kappa shape index (κ1) is 18.8. The molecular weight excluding hydrogens is 387 g/mol. The fourth-order valence-corrected chi connectivity index (χ4v) is 2.45. The van der Waals surface area contributed by atoms with Crippen molar-refractivity contribution in [3.63, 3.8) is 0 Å². The molecule has 0 aliphatic carbocycles. The average Bonchev–Trinajstić information content (AvgIpc) is 3.16. The minimum Gasteiger partial charge on any atom is -0.465 e. The molecule has 2 amide bonds. The molecule has 0 radical (unpaired) electrons. The second-order valence-electron chi connectivity index (χ2n) is 5.50. The number of furan rings is 1. The van der Waals surface area contributed by atoms with Gasteiger partial charge in [-0.05, 0) is 60.7 Å². The number of nitrogens with one attached hydrogen (secondary N) is 2. The van der Waals surface area contributed by atoms with Gasteiger partial charge in [0.15, 0.2) is 0 Å². The van der Waals surface area contributed by atoms with Crippen LogP contribution in [-0.4, -0.2) is 11.8 Å². The number of halogens is 2. The van der Waals surface area contributed by atoms with Gasteiger partial charge in [0, 0.05) is 27.4 Å². The predicted octanol–water partition coefficient (Wildman–Crippen LogP) is 5.00. The Morgan fingerprint density at radius 1 is 0.889 bits per heavy atom. The molecule has 0 bridgehead atoms. The van der Waals surface area contributed by atoms with E-state index < -0.39 is 11.8 Å². The predicted molar refractivity (Wildman–Crippen MR) is 106 cm³/mol. The molecule has 0 aliphatic heterocycles. The molecule has 27 heavy (non-hydrogen) atoms. The van der Waals surface area contributed by atoms with Crippen molar-refractivity contribution in [3.05, 3.63) is 94.0 Å². The maximum Gasteiger partial charge on any atom is 0.272 e. The Labute approximate surface area is 165 Å². The average molecular weight is 401 g/mol. The summed E-state index contributed by atoms with van der Waals surface area (Å²) in [6.45, 7) is 0. The van der Waals surface area contributed by atoms with Crippen molar-refractivity contribution in [2.75, 3.05) is 5.32 Å². The second-order valence-corrected chi connectivity index (χ2v) is 6.37. The molecule has 3 aromatic rings. The standard InChI is InChI=1S/C20H14Cl2N2O3/c21-14-5-3-13(4-6-14)19(25)24-18(12-17-2-1-11-27-17)20(26)23-16-9-7-15(22)8-10-16/h1-12H,(H,23,26)(H,24,25). The summed E-state index contributed by atoms with van der Waals surface area (Å²) in [6.07, 6.45) is 2.92. The van der Waals surface area contributed by atoms with Gasteiger partial charge in [-0.15, -0.1) is 0 Å². The van der Waals surface area contributed by atoms with Crippen molar-refractivity contribution in [3.8, 4) is 0 Å². The van der Waals surface area contributed by atoms with Gasteiger partial charge in [-0.2, -0.15) is 0 Å². The molecule has 3 rings (SSSR count). The van der Waals surface area contributed by atoms with Crippen LogP contribution in [0.3, 0.4) is 0 Å². The largest absolute Gasteiger partial charge is 0.465 e. The van der Waals surface area contributed by atoms with E-state index in [0.717, 1.165) is 0 Å². The first-order valence-electron chi connectivity index (χ1n) is 7.90. The fourth-order valence-electron chi connectivity index (χ4n) is 2.20. The van der Waals surface area contributed by atoms with Crippen LogP contribution < -0.4 is 10.6 Å². The quantitative estimate of drug-likeness (QED) is 0.592. The highest BCUT2D eigenvalue weighted by Gasteiger charge is 2.15. The molecule has 2 N–H and O–H groups in total. The summed E-state index contributed by atoms with van der Waals surface area (Å²) in [6, 6.07) is 16.3. The molecule has 5 nitrogen and oxygen atoms in total. The molecule has 0 unspecified atom stereocenters. The van der Waals surface area contributed by atoms with Gasteiger partial charge in [-0.25, -0.2) is 0 Å². The summed E-state index contributed by atoms with van der Waals surface area (Å²) in [5, 5.41) is 6.37. The van der Waals surface area contributed by atoms with Gasteiger partial charge in [0.05, 0.1) is 6.26 Å². The van der Waals surface area contributed by atoms with E-state index in [0.29, 0.717) is 27.1 Å². The van der Waals surface area contributed by atoms with Crippen LogP contribution in [0.15, 0.2) is 77.0 Å². The number of anilines is 1. The second kappa shape index (κ2) is 8.58. The zero-order valence-corrected chi connectivity index (χ0v) is 15.4. The Morgan fingerprint density at radius 3 is 2.11 bits per heavy atom. The smallest absolute Gasteiger partial charge is 0.272 e. The Kier molecular flexibility index (Phi) is 5.96. The van der Waals surface area contributed by atoms with Crippen LogP contribution in [-0.2, 0) is 4.79 Å². The van der Waals surface area contributed by atoms with Crippen LogP contribution in [0.1, 0.15) is 16.1 Å². The number of benzene rings is 2. The highest BCUT2D eigenvalue weighted by molar-refractivity contribution is 6.31. The van der Waals surface area contributed by atoms with Gasteiger partial charge in [-0.3, -0.25) is 9.59 Å². The van der Waals surface area contributed by atoms with Gasteiger partial charge in [-0.1, -0.05) is 23.2 Å². The SMILES string of the molecule is O=C(Nc1ccc(Cl)cc1)C(=Cc1ccco1)NC(=O)c1ccc(Cl)cc1. The van der Waals surface area contributed by atoms with Crippen LogP contribution in [0.2, 0.25) is 10.0 Å². The lowest BCUT2D eigenvalue weighted by molar-refractivity contribution is -0.113. The topological polar surface area (TPSA) is 71.3 Å². The van der Waals surface area contributed by atoms with Crippen LogP contribution in [0.5, 0.6) is 0 Å². The molecule has 136 valence electrons. The summed E-state index contributed by atoms with van der Waals surface area (Å²) in [5.74, 6) is -0.528. The van der Waals surface area contributed by atoms with Gasteiger partial charge < -0.3 is 15.1 Å². The van der Waals surface area contributed by atoms with Gasteiger partial charge in [0.1, 0.15) is 11.5 Å². The van der Waals surface area contributed by atoms with Crippen molar-refractivity contribution in [2.45, 2.75) is 0 Å². The molecule has 0 saturated carbocycles. The maximum atomic E-state index is 12.7. The van der Waals surface area contributed by atoms with E-state index in [2.05, 4.69) is 10.6 Å². The van der Waals surface area contributed by atoms with Crippen molar-refractivity contribution in [1.82, 2.24) is 5.32 Å². The Hall–Kier alpha value is -3.02. The summed E-state index contributed by atoms with van der Waals surface area (Å²) >= 11 is 11.7. The first-order valence-corrected chi connectivity index (χ1v) is 8.66. The zero-order valence-electron chi connectivity index (χ0n) is 13.9. The van der Waals surface area contributed by atoms with E-state index >= 15 is 0 Å². The van der Waals surface area contributed by atoms with E-state index in [1.54, 1.807) is 60.7 Å². The third kappa shape index (κ3) is 5.23. The number of rotatable bonds is 5. The lowest BCUT2D eigenvalue weighted by Gasteiger charge is -2.11. The Balaban J connectivity index is 1.82. The highest BCUT2D eigenvalue weighted by atomic mass is 35.5. The molecule has 0 fully saturated rings. The minimum absolute atomic E-state index is 0.0276. The number of hydrogen-bond acceptors (Lipinski definition) is 3. The van der Waals surface area contributed by atoms with E-state index in [1.165, 1.54) is 12.3 Å². The van der Waals surface area contributed by atoms with E-state index in [9.17, 15) is 9.59 Å². The summed E-state index contributed by atoms with van der Waals surface area (Å²) < 4.78 is 5.24. The van der Waals surface area contributed by atoms with Crippen LogP contribution in [0.25, 0.3) is 6.08 Å². The first-order chi connectivity index (χ1) is 13.0. The van der Waals surface area contributed by atoms with Gasteiger partial charge in [0.25, 0.3) is 11.8 Å². The third-order valence-corrected chi connectivity index (χ3v) is 4.04. The van der Waals surface area contributed by atoms with Crippen LogP contribution >= 0.6 is 23.2 Å². The third-order valence-electron chi connectivity index (χ3n) is 3.53. The zero-order chi connectivity index (χ0) is 19.2. The van der Waals surface area contributed by atoms with E-state index in [4.69, 9.17) is 27.6 Å². The lowest BCUT2D eigenvalue weighted by atomic mass is 10.2. The summed E-state index contributed by atoms with van der Waals surface area (Å²) in [7, 11) is 0. The monoisotopic (exact) mass is 400 g/mol.